The van der Waals surface area contributed by atoms with E-state index in [1.807, 2.05) is 41.3 Å². The zero-order valence-electron chi connectivity index (χ0n) is 25.8. The van der Waals surface area contributed by atoms with Crippen LogP contribution in [0.1, 0.15) is 42.6 Å². The molecule has 44 heavy (non-hydrogen) atoms. The van der Waals surface area contributed by atoms with Crippen molar-refractivity contribution in [2.75, 3.05) is 36.0 Å². The van der Waals surface area contributed by atoms with Crippen molar-refractivity contribution in [2.24, 2.45) is 0 Å². The van der Waals surface area contributed by atoms with Gasteiger partial charge < -0.3 is 4.90 Å². The summed E-state index contributed by atoms with van der Waals surface area (Å²) in [6.07, 6.45) is 1.02. The van der Waals surface area contributed by atoms with E-state index in [9.17, 15) is 18.8 Å². The van der Waals surface area contributed by atoms with E-state index in [2.05, 4.69) is 10.2 Å². The van der Waals surface area contributed by atoms with Gasteiger partial charge in [0.1, 0.15) is 11.9 Å². The number of anilines is 2. The third-order valence-corrected chi connectivity index (χ3v) is 8.66. The van der Waals surface area contributed by atoms with Crippen molar-refractivity contribution in [3.05, 3.63) is 112 Å². The molecule has 3 heterocycles. The van der Waals surface area contributed by atoms with Crippen molar-refractivity contribution in [1.29, 1.82) is 0 Å². The van der Waals surface area contributed by atoms with E-state index in [0.29, 0.717) is 55.1 Å². The second kappa shape index (κ2) is 11.2. The second-order valence-corrected chi connectivity index (χ2v) is 11.3. The number of hydrogen-bond acceptors (Lipinski definition) is 5. The van der Waals surface area contributed by atoms with Crippen LogP contribution in [0.3, 0.4) is 0 Å². The van der Waals surface area contributed by atoms with Gasteiger partial charge in [0.15, 0.2) is 5.69 Å². The number of rotatable bonds is 6. The Labute approximate surface area is 257 Å². The van der Waals surface area contributed by atoms with Crippen LogP contribution in [0.25, 0.3) is 15.6 Å². The maximum atomic E-state index is 14.6. The number of nitrogens with one attached hydrogen (secondary N) is 1. The number of nitrogens with zero attached hydrogens (tertiary/aromatic N) is 4. The Morgan fingerprint density at radius 2 is 1.68 bits per heavy atom. The minimum Gasteiger partial charge on any atom is -0.367 e. The number of imide groups is 1. The SMILES string of the molecule is [2H]C([2H])(c1ccc(Cc2ccc3c4c(cccc24)C(=O)N3C2CCC(=O)NC2=O)cc1)N1CCN(c2ccc([N+]#[C-])cc2F)CC1. The van der Waals surface area contributed by atoms with E-state index in [0.717, 1.165) is 21.9 Å². The fourth-order valence-electron chi connectivity index (χ4n) is 6.44. The molecule has 9 heteroatoms. The highest BCUT2D eigenvalue weighted by Crippen LogP contribution is 2.41. The molecule has 0 saturated carbocycles. The van der Waals surface area contributed by atoms with E-state index in [-0.39, 0.29) is 30.3 Å². The van der Waals surface area contributed by atoms with Crippen LogP contribution in [0.5, 0.6) is 0 Å². The van der Waals surface area contributed by atoms with Gasteiger partial charge in [0, 0.05) is 52.8 Å². The Hall–Kier alpha value is -5.07. The molecule has 0 aromatic heterocycles. The van der Waals surface area contributed by atoms with Crippen LogP contribution in [0.15, 0.2) is 72.8 Å². The molecule has 3 aliphatic heterocycles. The molecular formula is C35H30FN5O3. The highest BCUT2D eigenvalue weighted by Gasteiger charge is 2.40. The number of benzene rings is 4. The van der Waals surface area contributed by atoms with Crippen LogP contribution in [-0.2, 0) is 22.5 Å². The molecule has 0 bridgehead atoms. The molecular weight excluding hydrogens is 557 g/mol. The maximum absolute atomic E-state index is 14.6. The van der Waals surface area contributed by atoms with Gasteiger partial charge in [-0.15, -0.1) is 0 Å². The Balaban J connectivity index is 1.07. The number of amides is 3. The van der Waals surface area contributed by atoms with E-state index in [1.165, 1.54) is 11.0 Å². The molecule has 2 fully saturated rings. The van der Waals surface area contributed by atoms with Crippen LogP contribution in [0, 0.1) is 12.4 Å². The Morgan fingerprint density at radius 1 is 0.932 bits per heavy atom. The highest BCUT2D eigenvalue weighted by atomic mass is 19.1. The minimum atomic E-state index is -1.72. The Bertz CT molecular complexity index is 1950. The Kier molecular flexibility index (Phi) is 6.48. The lowest BCUT2D eigenvalue weighted by molar-refractivity contribution is -0.134. The lowest BCUT2D eigenvalue weighted by atomic mass is 9.95. The van der Waals surface area contributed by atoms with E-state index in [4.69, 9.17) is 9.31 Å². The lowest BCUT2D eigenvalue weighted by Gasteiger charge is -2.36. The fourth-order valence-corrected chi connectivity index (χ4v) is 6.44. The van der Waals surface area contributed by atoms with Crippen molar-refractivity contribution in [3.63, 3.8) is 0 Å². The first-order valence-corrected chi connectivity index (χ1v) is 14.6. The summed E-state index contributed by atoms with van der Waals surface area (Å²) in [5, 5.41) is 4.06. The average Bonchev–Trinajstić information content (AvgIpc) is 3.34. The van der Waals surface area contributed by atoms with Crippen LogP contribution in [0.2, 0.25) is 0 Å². The molecule has 7 rings (SSSR count). The van der Waals surface area contributed by atoms with Gasteiger partial charge in [-0.2, -0.15) is 0 Å². The predicted octanol–water partition coefficient (Wildman–Crippen LogP) is 5.21. The predicted molar refractivity (Wildman–Crippen MR) is 166 cm³/mol. The summed E-state index contributed by atoms with van der Waals surface area (Å²) in [6, 6.07) is 20.5. The molecule has 3 aliphatic rings. The number of carbonyl (C=O) groups excluding carboxylic acids is 3. The highest BCUT2D eigenvalue weighted by molar-refractivity contribution is 6.27. The summed E-state index contributed by atoms with van der Waals surface area (Å²) >= 11 is 0. The number of carbonyl (C=O) groups is 3. The molecule has 0 aliphatic carbocycles. The van der Waals surface area contributed by atoms with Crippen molar-refractivity contribution >= 4 is 45.6 Å². The molecule has 0 spiro atoms. The minimum absolute atomic E-state index is 0.182. The first kappa shape index (κ1) is 25.4. The van der Waals surface area contributed by atoms with E-state index in [1.54, 1.807) is 35.2 Å². The van der Waals surface area contributed by atoms with Gasteiger partial charge in [-0.25, -0.2) is 9.24 Å². The monoisotopic (exact) mass is 589 g/mol. The van der Waals surface area contributed by atoms with Crippen LogP contribution in [0.4, 0.5) is 21.5 Å². The average molecular weight is 590 g/mol. The smallest absolute Gasteiger partial charge is 0.259 e. The zero-order valence-corrected chi connectivity index (χ0v) is 23.8. The van der Waals surface area contributed by atoms with Gasteiger partial charge in [0.25, 0.3) is 5.91 Å². The van der Waals surface area contributed by atoms with Crippen molar-refractivity contribution in [1.82, 2.24) is 10.2 Å². The van der Waals surface area contributed by atoms with Gasteiger partial charge >= 0.3 is 0 Å². The van der Waals surface area contributed by atoms with Crippen LogP contribution in [-0.4, -0.2) is 54.8 Å². The van der Waals surface area contributed by atoms with Crippen molar-refractivity contribution in [2.45, 2.75) is 31.8 Å². The molecule has 220 valence electrons. The molecule has 2 saturated heterocycles. The molecule has 4 aromatic carbocycles. The summed E-state index contributed by atoms with van der Waals surface area (Å²) < 4.78 is 32.4. The third-order valence-electron chi connectivity index (χ3n) is 8.66. The molecule has 0 radical (unpaired) electrons. The molecule has 8 nitrogen and oxygen atoms in total. The van der Waals surface area contributed by atoms with Gasteiger partial charge in [-0.3, -0.25) is 29.5 Å². The molecule has 1 atom stereocenters. The van der Waals surface area contributed by atoms with Gasteiger partial charge in [0.2, 0.25) is 11.8 Å². The van der Waals surface area contributed by atoms with E-state index >= 15 is 0 Å². The second-order valence-electron chi connectivity index (χ2n) is 11.3. The molecule has 4 aromatic rings. The summed E-state index contributed by atoms with van der Waals surface area (Å²) in [4.78, 5) is 46.2. The quantitative estimate of drug-likeness (QED) is 0.247. The van der Waals surface area contributed by atoms with Crippen LogP contribution < -0.4 is 15.1 Å². The lowest BCUT2D eigenvalue weighted by Crippen LogP contribution is -2.53. The summed E-state index contributed by atoms with van der Waals surface area (Å²) in [5.74, 6) is -1.48. The normalized spacial score (nSPS) is 19.5. The zero-order chi connectivity index (χ0) is 32.2. The number of piperidine rings is 1. The van der Waals surface area contributed by atoms with Crippen LogP contribution >= 0.6 is 0 Å². The van der Waals surface area contributed by atoms with Gasteiger partial charge in [0.05, 0.1) is 17.9 Å². The van der Waals surface area contributed by atoms with E-state index < -0.39 is 24.3 Å². The summed E-state index contributed by atoms with van der Waals surface area (Å²) in [7, 11) is 0. The van der Waals surface area contributed by atoms with Crippen molar-refractivity contribution in [3.8, 4) is 0 Å². The number of halogens is 1. The summed E-state index contributed by atoms with van der Waals surface area (Å²) in [5.41, 5.74) is 4.39. The maximum Gasteiger partial charge on any atom is 0.259 e. The molecule has 1 unspecified atom stereocenters. The third kappa shape index (κ3) is 4.97. The fraction of sp³-hybridized carbons (Fsp3) is 0.257. The summed E-state index contributed by atoms with van der Waals surface area (Å²) in [6.45, 7) is 7.09. The largest absolute Gasteiger partial charge is 0.367 e. The van der Waals surface area contributed by atoms with Gasteiger partial charge in [-0.05, 0) is 59.2 Å². The standard InChI is InChI=1S/C35H30FN5O3/c1-37-25-10-12-29(28(36)20-25)40-17-15-39(16-18-40)21-23-7-5-22(6-8-23)19-24-9-11-30-33-26(24)3-2-4-27(33)35(44)41(30)31-13-14-32(42)38-34(31)43/h2-12,20,31H,13-19,21H2,(H,38,42,43)/i21D2. The first-order chi connectivity index (χ1) is 22.2. The van der Waals surface area contributed by atoms with Crippen molar-refractivity contribution < 1.29 is 21.5 Å². The number of hydrogen-bond donors (Lipinski definition) is 1. The van der Waals surface area contributed by atoms with Gasteiger partial charge in [-0.1, -0.05) is 48.5 Å². The molecule has 3 amide bonds. The Morgan fingerprint density at radius 3 is 2.41 bits per heavy atom. The topological polar surface area (TPSA) is 77.3 Å². The number of piperazine rings is 1. The molecule has 1 N–H and O–H groups in total. The first-order valence-electron chi connectivity index (χ1n) is 15.6.